The highest BCUT2D eigenvalue weighted by molar-refractivity contribution is 7.46. The van der Waals surface area contributed by atoms with Gasteiger partial charge in [0.05, 0.1) is 19.2 Å². The first-order valence-electron chi connectivity index (χ1n) is 12.4. The molecule has 1 amide bonds. The Labute approximate surface area is 226 Å². The molecule has 0 spiro atoms. The number of phosphoric ester groups is 1. The quantitative estimate of drug-likeness (QED) is 0.321. The average molecular weight is 559 g/mol. The van der Waals surface area contributed by atoms with Gasteiger partial charge in [0, 0.05) is 18.4 Å². The normalized spacial score (nSPS) is 20.7. The zero-order chi connectivity index (χ0) is 27.0. The summed E-state index contributed by atoms with van der Waals surface area (Å²) in [6.45, 7) is 1.54. The summed E-state index contributed by atoms with van der Waals surface area (Å²) in [6.07, 6.45) is 8.85. The Bertz CT molecular complexity index is 1430. The first-order chi connectivity index (χ1) is 18.1. The number of methoxy groups -OCH3 is 1. The lowest BCUT2D eigenvalue weighted by Crippen LogP contribution is -2.40. The second-order valence-electron chi connectivity index (χ2n) is 9.64. The van der Waals surface area contributed by atoms with Crippen molar-refractivity contribution in [2.75, 3.05) is 7.11 Å². The Morgan fingerprint density at radius 3 is 2.66 bits per heavy atom. The van der Waals surface area contributed by atoms with E-state index in [1.165, 1.54) is 5.57 Å². The molecule has 2 atom stereocenters. The fraction of sp³-hybridized carbons (Fsp3) is 0.333. The van der Waals surface area contributed by atoms with E-state index in [0.29, 0.717) is 17.2 Å². The van der Waals surface area contributed by atoms with Gasteiger partial charge < -0.3 is 19.4 Å². The fourth-order valence-corrected chi connectivity index (χ4v) is 5.79. The number of hydrogen-bond acceptors (Lipinski definition) is 4. The third-order valence-corrected chi connectivity index (χ3v) is 7.89. The zero-order valence-corrected chi connectivity index (χ0v) is 22.8. The van der Waals surface area contributed by atoms with E-state index in [-0.39, 0.29) is 24.7 Å². The molecule has 11 heteroatoms. The Hall–Kier alpha value is -2.94. The van der Waals surface area contributed by atoms with Crippen LogP contribution in [0.3, 0.4) is 0 Å². The summed E-state index contributed by atoms with van der Waals surface area (Å²) < 4.78 is 24.8. The molecule has 9 nitrogen and oxygen atoms in total. The first-order valence-corrected chi connectivity index (χ1v) is 14.3. The predicted octanol–water partition coefficient (Wildman–Crippen LogP) is 4.71. The Balaban J connectivity index is 1.44. The Morgan fingerprint density at radius 2 is 1.95 bits per heavy atom. The number of aromatic nitrogens is 2. The lowest BCUT2D eigenvalue weighted by Gasteiger charge is -2.34. The molecule has 5 rings (SSSR count). The monoisotopic (exact) mass is 558 g/mol. The van der Waals surface area contributed by atoms with Crippen molar-refractivity contribution >= 4 is 31.4 Å². The topological polar surface area (TPSA) is 105 Å². The number of amides is 1. The van der Waals surface area contributed by atoms with Crippen LogP contribution in [0.1, 0.15) is 48.5 Å². The van der Waals surface area contributed by atoms with Gasteiger partial charge in [-0.1, -0.05) is 35.9 Å². The third kappa shape index (κ3) is 5.58. The summed E-state index contributed by atoms with van der Waals surface area (Å²) in [5.74, 6) is 0.831. The van der Waals surface area contributed by atoms with Crippen molar-refractivity contribution in [3.05, 3.63) is 82.4 Å². The number of aryl methyl sites for hydroxylation is 1. The van der Waals surface area contributed by atoms with Gasteiger partial charge >= 0.3 is 7.82 Å². The summed E-state index contributed by atoms with van der Waals surface area (Å²) in [6, 6.07) is 13.7. The van der Waals surface area contributed by atoms with Crippen LogP contribution in [0.5, 0.6) is 5.75 Å². The van der Waals surface area contributed by atoms with Crippen molar-refractivity contribution in [2.24, 2.45) is 0 Å². The molecule has 0 saturated carbocycles. The lowest BCUT2D eigenvalue weighted by molar-refractivity contribution is -0.596. The molecule has 2 aromatic carbocycles. The Kier molecular flexibility index (Phi) is 7.49. The van der Waals surface area contributed by atoms with E-state index in [2.05, 4.69) is 10.6 Å². The molecule has 0 radical (unpaired) electrons. The summed E-state index contributed by atoms with van der Waals surface area (Å²) in [5.41, 5.74) is 4.81. The highest BCUT2D eigenvalue weighted by atomic mass is 35.5. The van der Waals surface area contributed by atoms with E-state index in [4.69, 9.17) is 26.1 Å². The van der Waals surface area contributed by atoms with Gasteiger partial charge in [0.25, 0.3) is 6.33 Å². The van der Waals surface area contributed by atoms with Crippen molar-refractivity contribution in [1.82, 2.24) is 9.47 Å². The maximum Gasteiger partial charge on any atom is 0.472 e. The molecule has 1 aromatic heterocycles. The largest absolute Gasteiger partial charge is 0.492 e. The number of halogens is 1. The number of nitrogens with zero attached hydrogens (tertiary/aromatic N) is 3. The SMILES string of the molecule is COc1cc(C=C2C[C@@H](c3ccc(Cl)cc3)N3C(=O)CCC[C@@H]23)ccc1-[n+]1cc(C)n(COP(=O)(O)O)c1. The van der Waals surface area contributed by atoms with Gasteiger partial charge in [-0.15, -0.1) is 0 Å². The van der Waals surface area contributed by atoms with Crippen LogP contribution < -0.4 is 9.30 Å². The number of carbonyl (C=O) groups excluding carboxylic acids is 1. The molecule has 0 aliphatic carbocycles. The van der Waals surface area contributed by atoms with Crippen molar-refractivity contribution < 1.29 is 33.0 Å². The van der Waals surface area contributed by atoms with E-state index < -0.39 is 7.82 Å². The maximum absolute atomic E-state index is 13.0. The van der Waals surface area contributed by atoms with Crippen molar-refractivity contribution in [2.45, 2.75) is 51.4 Å². The second-order valence-corrected chi connectivity index (χ2v) is 11.3. The smallest absolute Gasteiger partial charge is 0.472 e. The van der Waals surface area contributed by atoms with Crippen LogP contribution in [-0.2, 0) is 20.6 Å². The number of benzene rings is 2. The van der Waals surface area contributed by atoms with Gasteiger partial charge in [0.1, 0.15) is 11.9 Å². The van der Waals surface area contributed by atoms with Gasteiger partial charge in [-0.2, -0.15) is 4.57 Å². The molecule has 2 saturated heterocycles. The van der Waals surface area contributed by atoms with E-state index in [1.54, 1.807) is 18.0 Å². The molecular formula is C27H30ClN3O6P+. The van der Waals surface area contributed by atoms with Gasteiger partial charge in [-0.05, 0) is 60.2 Å². The van der Waals surface area contributed by atoms with Crippen LogP contribution in [0.15, 0.2) is 60.6 Å². The summed E-state index contributed by atoms with van der Waals surface area (Å²) in [5, 5.41) is 0.675. The molecule has 3 aromatic rings. The zero-order valence-electron chi connectivity index (χ0n) is 21.2. The maximum atomic E-state index is 13.0. The van der Waals surface area contributed by atoms with E-state index in [9.17, 15) is 9.36 Å². The van der Waals surface area contributed by atoms with Crippen molar-refractivity contribution in [1.29, 1.82) is 0 Å². The van der Waals surface area contributed by atoms with Crippen molar-refractivity contribution in [3.8, 4) is 11.4 Å². The lowest BCUT2D eigenvalue weighted by atomic mass is 9.96. The molecule has 3 heterocycles. The number of ether oxygens (including phenoxy) is 1. The van der Waals surface area contributed by atoms with E-state index in [1.807, 2.05) is 65.1 Å². The molecule has 2 aliphatic heterocycles. The first kappa shape index (κ1) is 26.7. The molecular weight excluding hydrogens is 529 g/mol. The van der Waals surface area contributed by atoms with Gasteiger partial charge in [-0.3, -0.25) is 4.79 Å². The number of fused-ring (bicyclic) bond motifs is 1. The van der Waals surface area contributed by atoms with Crippen LogP contribution in [0.4, 0.5) is 0 Å². The van der Waals surface area contributed by atoms with E-state index >= 15 is 0 Å². The minimum absolute atomic E-state index is 0.00820. The molecule has 2 N–H and O–H groups in total. The molecule has 200 valence electrons. The van der Waals surface area contributed by atoms with Crippen LogP contribution in [0, 0.1) is 6.92 Å². The van der Waals surface area contributed by atoms with Crippen LogP contribution in [0.25, 0.3) is 11.8 Å². The van der Waals surface area contributed by atoms with Crippen molar-refractivity contribution in [3.63, 3.8) is 0 Å². The van der Waals surface area contributed by atoms with Gasteiger partial charge in [-0.25, -0.2) is 13.7 Å². The number of rotatable bonds is 7. The highest BCUT2D eigenvalue weighted by Crippen LogP contribution is 2.45. The number of imidazole rings is 1. The minimum atomic E-state index is -4.58. The van der Waals surface area contributed by atoms with E-state index in [0.717, 1.165) is 41.8 Å². The molecule has 0 unspecified atom stereocenters. The molecule has 2 fully saturated rings. The van der Waals surface area contributed by atoms with Crippen LogP contribution >= 0.6 is 19.4 Å². The average Bonchev–Trinajstić information content (AvgIpc) is 3.44. The summed E-state index contributed by atoms with van der Waals surface area (Å²) in [4.78, 5) is 33.0. The number of piperidine rings is 1. The van der Waals surface area contributed by atoms with Gasteiger partial charge in [0.2, 0.25) is 12.6 Å². The standard InChI is InChI=1S/C27H29ClN3O6P/c1-18-15-29(16-30(18)17-37-38(33,34)35)24-11-6-19(13-26(24)36-2)12-21-14-25(20-7-9-22(28)10-8-20)31-23(21)4-3-5-27(31)32/h6-13,15-16,23,25H,3-5,14,17H2,1-2H3,(H-,33,34,35)/p+1/t23-,25-/m0/s1. The third-order valence-electron chi connectivity index (χ3n) is 7.18. The summed E-state index contributed by atoms with van der Waals surface area (Å²) >= 11 is 6.11. The van der Waals surface area contributed by atoms with Crippen LogP contribution in [-0.4, -0.2) is 38.3 Å². The molecule has 38 heavy (non-hydrogen) atoms. The molecule has 0 bridgehead atoms. The predicted molar refractivity (Wildman–Crippen MR) is 142 cm³/mol. The highest BCUT2D eigenvalue weighted by Gasteiger charge is 2.42. The molecule has 2 aliphatic rings. The van der Waals surface area contributed by atoms with Crippen LogP contribution in [0.2, 0.25) is 5.02 Å². The number of hydrogen-bond donors (Lipinski definition) is 2. The fourth-order valence-electron chi connectivity index (χ4n) is 5.39. The summed E-state index contributed by atoms with van der Waals surface area (Å²) in [7, 11) is -2.98. The Morgan fingerprint density at radius 1 is 1.18 bits per heavy atom. The van der Waals surface area contributed by atoms with Gasteiger partial charge in [0.15, 0.2) is 11.4 Å². The number of carbonyl (C=O) groups is 1. The minimum Gasteiger partial charge on any atom is -0.492 e. The second kappa shape index (κ2) is 10.7. The number of phosphoric acid groups is 1.